The van der Waals surface area contributed by atoms with E-state index in [4.69, 9.17) is 63.0 Å². The molecule has 0 unspecified atom stereocenters. The largest absolute Gasteiger partial charge is 0.457 e. The number of hydrogen-bond acceptors (Lipinski definition) is 3. The number of hydrogen-bond donors (Lipinski definition) is 2. The molecule has 0 aliphatic heterocycles. The van der Waals surface area contributed by atoms with Crippen molar-refractivity contribution in [1.82, 2.24) is 5.32 Å². The summed E-state index contributed by atoms with van der Waals surface area (Å²) in [4.78, 5) is 12.1. The van der Waals surface area contributed by atoms with E-state index >= 15 is 0 Å². The number of furan rings is 1. The smallest absolute Gasteiger partial charge is 0.250 e. The lowest BCUT2D eigenvalue weighted by molar-refractivity contribution is -0.115. The molecule has 3 aromatic rings. The molecule has 1 amide bonds. The Balaban J connectivity index is 1.59. The molecule has 148 valence electrons. The Kier molecular flexibility index (Phi) is 7.22. The van der Waals surface area contributed by atoms with E-state index in [0.717, 1.165) is 0 Å². The summed E-state index contributed by atoms with van der Waals surface area (Å²) in [5, 5.41) is 7.30. The zero-order valence-corrected chi connectivity index (χ0v) is 18.4. The minimum absolute atomic E-state index is 0.117. The third-order valence-electron chi connectivity index (χ3n) is 3.64. The maximum absolute atomic E-state index is 12.1. The van der Waals surface area contributed by atoms with Crippen molar-refractivity contribution in [1.29, 1.82) is 0 Å². The minimum atomic E-state index is -0.426. The molecule has 2 N–H and O–H groups in total. The highest BCUT2D eigenvalue weighted by Crippen LogP contribution is 2.31. The van der Waals surface area contributed by atoms with Gasteiger partial charge in [0.05, 0.1) is 15.1 Å². The number of rotatable bonds is 4. The number of amides is 1. The van der Waals surface area contributed by atoms with Crippen LogP contribution in [0.3, 0.4) is 0 Å². The maximum atomic E-state index is 12.1. The SMILES string of the molecule is O=C(/C=C/c1ccc(-c2ccc(Cl)cc2Cl)o1)NC(=S)Nc1ccc(Cl)c(Cl)c1. The van der Waals surface area contributed by atoms with Crippen LogP contribution in [0.1, 0.15) is 5.76 Å². The summed E-state index contributed by atoms with van der Waals surface area (Å²) in [6, 6.07) is 13.5. The van der Waals surface area contributed by atoms with Gasteiger partial charge in [0.1, 0.15) is 11.5 Å². The van der Waals surface area contributed by atoms with Gasteiger partial charge in [-0.1, -0.05) is 46.4 Å². The molecular weight excluding hydrogens is 474 g/mol. The highest BCUT2D eigenvalue weighted by Gasteiger charge is 2.09. The van der Waals surface area contributed by atoms with Crippen molar-refractivity contribution in [2.24, 2.45) is 0 Å². The summed E-state index contributed by atoms with van der Waals surface area (Å²) in [5.74, 6) is 0.609. The van der Waals surface area contributed by atoms with Gasteiger partial charge in [-0.3, -0.25) is 10.1 Å². The summed E-state index contributed by atoms with van der Waals surface area (Å²) >= 11 is 29.0. The van der Waals surface area contributed by atoms with E-state index in [1.165, 1.54) is 12.2 Å². The Bertz CT molecular complexity index is 1110. The average Bonchev–Trinajstić information content (AvgIpc) is 3.11. The first kappa shape index (κ1) is 21.7. The second-order valence-corrected chi connectivity index (χ2v) is 7.80. The Hall–Kier alpha value is -2.02. The fourth-order valence-corrected chi connectivity index (χ4v) is 3.34. The van der Waals surface area contributed by atoms with Crippen LogP contribution in [-0.4, -0.2) is 11.0 Å². The summed E-state index contributed by atoms with van der Waals surface area (Å²) in [7, 11) is 0. The Labute approximate surface area is 192 Å². The molecular formula is C20H12Cl4N2O2S. The Morgan fingerprint density at radius 2 is 1.72 bits per heavy atom. The van der Waals surface area contributed by atoms with E-state index in [2.05, 4.69) is 10.6 Å². The van der Waals surface area contributed by atoms with Crippen LogP contribution in [0.15, 0.2) is 59.0 Å². The van der Waals surface area contributed by atoms with Crippen LogP contribution in [0, 0.1) is 0 Å². The van der Waals surface area contributed by atoms with Crippen LogP contribution < -0.4 is 10.6 Å². The molecule has 9 heteroatoms. The third kappa shape index (κ3) is 5.98. The van der Waals surface area contributed by atoms with Gasteiger partial charge in [0, 0.05) is 22.3 Å². The van der Waals surface area contributed by atoms with Gasteiger partial charge >= 0.3 is 0 Å². The van der Waals surface area contributed by atoms with E-state index in [1.54, 1.807) is 48.5 Å². The molecule has 1 aromatic heterocycles. The number of thiocarbonyl (C=S) groups is 1. The predicted molar refractivity (Wildman–Crippen MR) is 124 cm³/mol. The summed E-state index contributed by atoms with van der Waals surface area (Å²) in [6.45, 7) is 0. The van der Waals surface area contributed by atoms with Crippen LogP contribution in [0.5, 0.6) is 0 Å². The third-order valence-corrected chi connectivity index (χ3v) is 5.13. The lowest BCUT2D eigenvalue weighted by atomic mass is 10.2. The second kappa shape index (κ2) is 9.65. The van der Waals surface area contributed by atoms with Crippen LogP contribution >= 0.6 is 58.6 Å². The van der Waals surface area contributed by atoms with Gasteiger partial charge in [-0.2, -0.15) is 0 Å². The van der Waals surface area contributed by atoms with Crippen molar-refractivity contribution < 1.29 is 9.21 Å². The Morgan fingerprint density at radius 1 is 0.931 bits per heavy atom. The zero-order chi connectivity index (χ0) is 21.0. The average molecular weight is 486 g/mol. The molecule has 2 aromatic carbocycles. The molecule has 0 saturated carbocycles. The molecule has 0 spiro atoms. The van der Waals surface area contributed by atoms with Crippen molar-refractivity contribution in [2.45, 2.75) is 0 Å². The normalized spacial score (nSPS) is 10.9. The van der Waals surface area contributed by atoms with Crippen molar-refractivity contribution >= 4 is 81.4 Å². The lowest BCUT2D eigenvalue weighted by Gasteiger charge is -2.08. The topological polar surface area (TPSA) is 54.3 Å². The van der Waals surface area contributed by atoms with Gasteiger partial charge in [-0.15, -0.1) is 0 Å². The Morgan fingerprint density at radius 3 is 2.45 bits per heavy atom. The minimum Gasteiger partial charge on any atom is -0.457 e. The second-order valence-electron chi connectivity index (χ2n) is 5.73. The molecule has 0 saturated heterocycles. The highest BCUT2D eigenvalue weighted by molar-refractivity contribution is 7.80. The maximum Gasteiger partial charge on any atom is 0.250 e. The quantitative estimate of drug-likeness (QED) is 0.306. The van der Waals surface area contributed by atoms with Gasteiger partial charge in [0.25, 0.3) is 0 Å². The summed E-state index contributed by atoms with van der Waals surface area (Å²) in [6.07, 6.45) is 2.82. The molecule has 0 radical (unpaired) electrons. The standard InChI is InChI=1S/C20H12Cl4N2O2S/c21-11-1-5-14(16(23)9-11)18-7-3-13(28-18)4-8-19(27)26-20(29)25-12-2-6-15(22)17(24)10-12/h1-10H,(H2,25,26,27,29)/b8-4+. The zero-order valence-electron chi connectivity index (χ0n) is 14.5. The van der Waals surface area contributed by atoms with Gasteiger partial charge in [-0.05, 0) is 66.8 Å². The molecule has 3 rings (SSSR count). The number of halogens is 4. The molecule has 29 heavy (non-hydrogen) atoms. The van der Waals surface area contributed by atoms with Crippen LogP contribution in [-0.2, 0) is 4.79 Å². The van der Waals surface area contributed by atoms with E-state index in [1.807, 2.05) is 0 Å². The summed E-state index contributed by atoms with van der Waals surface area (Å²) in [5.41, 5.74) is 1.30. The molecule has 0 bridgehead atoms. The molecule has 0 aliphatic rings. The van der Waals surface area contributed by atoms with Crippen LogP contribution in [0.25, 0.3) is 17.4 Å². The number of carbonyl (C=O) groups is 1. The number of nitrogens with one attached hydrogen (secondary N) is 2. The van der Waals surface area contributed by atoms with Crippen LogP contribution in [0.4, 0.5) is 5.69 Å². The molecule has 0 fully saturated rings. The van der Waals surface area contributed by atoms with Gasteiger partial charge in [0.15, 0.2) is 5.11 Å². The van der Waals surface area contributed by atoms with Crippen molar-refractivity contribution in [2.75, 3.05) is 5.32 Å². The van der Waals surface area contributed by atoms with Crippen molar-refractivity contribution in [3.63, 3.8) is 0 Å². The first-order valence-corrected chi connectivity index (χ1v) is 10.0. The fourth-order valence-electron chi connectivity index (χ4n) is 2.32. The highest BCUT2D eigenvalue weighted by atomic mass is 35.5. The lowest BCUT2D eigenvalue weighted by Crippen LogP contribution is -2.32. The van der Waals surface area contributed by atoms with E-state index in [0.29, 0.717) is 42.9 Å². The number of benzene rings is 2. The van der Waals surface area contributed by atoms with Crippen molar-refractivity contribution in [3.8, 4) is 11.3 Å². The monoisotopic (exact) mass is 484 g/mol. The molecule has 1 heterocycles. The van der Waals surface area contributed by atoms with Crippen LogP contribution in [0.2, 0.25) is 20.1 Å². The summed E-state index contributed by atoms with van der Waals surface area (Å²) < 4.78 is 5.70. The number of anilines is 1. The van der Waals surface area contributed by atoms with E-state index in [-0.39, 0.29) is 5.11 Å². The van der Waals surface area contributed by atoms with Crippen molar-refractivity contribution in [3.05, 3.63) is 80.5 Å². The molecule has 0 atom stereocenters. The first-order chi connectivity index (χ1) is 13.8. The van der Waals surface area contributed by atoms with Gasteiger partial charge in [0.2, 0.25) is 5.91 Å². The molecule has 4 nitrogen and oxygen atoms in total. The molecule has 0 aliphatic carbocycles. The fraction of sp³-hybridized carbons (Fsp3) is 0. The van der Waals surface area contributed by atoms with Gasteiger partial charge < -0.3 is 9.73 Å². The van der Waals surface area contributed by atoms with E-state index in [9.17, 15) is 4.79 Å². The first-order valence-electron chi connectivity index (χ1n) is 8.12. The number of carbonyl (C=O) groups excluding carboxylic acids is 1. The van der Waals surface area contributed by atoms with E-state index < -0.39 is 5.91 Å². The van der Waals surface area contributed by atoms with Gasteiger partial charge in [-0.25, -0.2) is 0 Å². The predicted octanol–water partition coefficient (Wildman–Crippen LogP) is 7.09.